The van der Waals surface area contributed by atoms with E-state index < -0.39 is 6.10 Å². The van der Waals surface area contributed by atoms with E-state index >= 15 is 0 Å². The predicted molar refractivity (Wildman–Crippen MR) is 116 cm³/mol. The minimum atomic E-state index is -0.504. The molecule has 0 aromatic rings. The van der Waals surface area contributed by atoms with Crippen LogP contribution in [0.5, 0.6) is 0 Å². The zero-order valence-corrected chi connectivity index (χ0v) is 18.4. The minimum Gasteiger partial charge on any atom is -0.458 e. The summed E-state index contributed by atoms with van der Waals surface area (Å²) in [5.74, 6) is 0.291. The molecule has 2 aliphatic rings. The Balaban J connectivity index is 1.75. The second-order valence-electron chi connectivity index (χ2n) is 9.03. The standard InChI is InChI=1S/C25H36O4/c1-17(7-6-8-21-15-24(28)29-16-21)9-10-23(27)18(2)11-12-25(5)19(3)13-22(26)14-20(25)4/h7,13,15,20,23,27H,2,6,8-12,14,16H2,1,3-5H3. The van der Waals surface area contributed by atoms with Crippen LogP contribution in [0.2, 0.25) is 0 Å². The van der Waals surface area contributed by atoms with Gasteiger partial charge in [-0.3, -0.25) is 4.79 Å². The molecular weight excluding hydrogens is 364 g/mol. The van der Waals surface area contributed by atoms with Gasteiger partial charge in [-0.05, 0) is 80.9 Å². The van der Waals surface area contributed by atoms with Gasteiger partial charge >= 0.3 is 5.97 Å². The number of ketones is 1. The van der Waals surface area contributed by atoms with Crippen molar-refractivity contribution in [2.24, 2.45) is 11.3 Å². The first-order valence-electron chi connectivity index (χ1n) is 10.7. The van der Waals surface area contributed by atoms with Crippen LogP contribution in [-0.4, -0.2) is 29.6 Å². The molecule has 1 N–H and O–H groups in total. The molecule has 0 amide bonds. The van der Waals surface area contributed by atoms with Gasteiger partial charge in [-0.25, -0.2) is 4.79 Å². The summed E-state index contributed by atoms with van der Waals surface area (Å²) in [7, 11) is 0. The Bertz CT molecular complexity index is 740. The Hall–Kier alpha value is -1.94. The molecule has 160 valence electrons. The average Bonchev–Trinajstić information content (AvgIpc) is 3.07. The zero-order valence-electron chi connectivity index (χ0n) is 18.4. The number of carbonyl (C=O) groups excluding carboxylic acids is 2. The van der Waals surface area contributed by atoms with Crippen molar-refractivity contribution in [3.63, 3.8) is 0 Å². The lowest BCUT2D eigenvalue weighted by Gasteiger charge is -2.40. The van der Waals surface area contributed by atoms with E-state index in [0.29, 0.717) is 25.4 Å². The van der Waals surface area contributed by atoms with Crippen LogP contribution >= 0.6 is 0 Å². The molecule has 0 aromatic heterocycles. The number of hydrogen-bond donors (Lipinski definition) is 1. The lowest BCUT2D eigenvalue weighted by molar-refractivity contribution is -0.135. The fraction of sp³-hybridized carbons (Fsp3) is 0.600. The average molecular weight is 401 g/mol. The van der Waals surface area contributed by atoms with E-state index in [4.69, 9.17) is 4.74 Å². The van der Waals surface area contributed by atoms with E-state index in [9.17, 15) is 14.7 Å². The van der Waals surface area contributed by atoms with E-state index in [0.717, 1.165) is 48.8 Å². The van der Waals surface area contributed by atoms with Crippen LogP contribution in [0, 0.1) is 11.3 Å². The van der Waals surface area contributed by atoms with Crippen molar-refractivity contribution in [1.82, 2.24) is 0 Å². The van der Waals surface area contributed by atoms with Crippen LogP contribution in [0.4, 0.5) is 0 Å². The van der Waals surface area contributed by atoms with Gasteiger partial charge in [-0.2, -0.15) is 0 Å². The summed E-state index contributed by atoms with van der Waals surface area (Å²) in [6, 6.07) is 0. The van der Waals surface area contributed by atoms with Crippen molar-refractivity contribution in [3.8, 4) is 0 Å². The first-order valence-corrected chi connectivity index (χ1v) is 10.7. The van der Waals surface area contributed by atoms with Crippen LogP contribution in [0.1, 0.15) is 72.6 Å². The number of cyclic esters (lactones) is 1. The quantitative estimate of drug-likeness (QED) is 0.403. The summed E-state index contributed by atoms with van der Waals surface area (Å²) in [5.41, 5.74) is 4.30. The van der Waals surface area contributed by atoms with Crippen molar-refractivity contribution < 1.29 is 19.4 Å². The maximum atomic E-state index is 11.8. The van der Waals surface area contributed by atoms with E-state index in [-0.39, 0.29) is 17.2 Å². The first-order chi connectivity index (χ1) is 13.6. The van der Waals surface area contributed by atoms with Gasteiger partial charge in [0.2, 0.25) is 0 Å². The Morgan fingerprint density at radius 2 is 2.10 bits per heavy atom. The topological polar surface area (TPSA) is 63.6 Å². The molecule has 4 nitrogen and oxygen atoms in total. The van der Waals surface area contributed by atoms with Crippen molar-refractivity contribution >= 4 is 11.8 Å². The molecule has 2 rings (SSSR count). The fourth-order valence-electron chi connectivity index (χ4n) is 4.14. The van der Waals surface area contributed by atoms with Crippen LogP contribution in [0.25, 0.3) is 0 Å². The number of aliphatic hydroxyl groups excluding tert-OH is 1. The molecule has 1 aliphatic heterocycles. The first kappa shape index (κ1) is 23.3. The van der Waals surface area contributed by atoms with E-state index in [1.807, 2.05) is 6.92 Å². The van der Waals surface area contributed by atoms with Gasteiger partial charge in [0.25, 0.3) is 0 Å². The fourth-order valence-corrected chi connectivity index (χ4v) is 4.14. The maximum absolute atomic E-state index is 11.8. The summed E-state index contributed by atoms with van der Waals surface area (Å²) in [5, 5.41) is 10.5. The molecule has 3 atom stereocenters. The molecule has 0 spiro atoms. The Morgan fingerprint density at radius 1 is 1.38 bits per heavy atom. The molecule has 0 saturated heterocycles. The zero-order chi connectivity index (χ0) is 21.6. The predicted octanol–water partition coefficient (Wildman–Crippen LogP) is 5.24. The molecule has 0 aromatic carbocycles. The highest BCUT2D eigenvalue weighted by Gasteiger charge is 2.37. The van der Waals surface area contributed by atoms with Gasteiger partial charge in [0.15, 0.2) is 5.78 Å². The number of aliphatic hydroxyl groups is 1. The molecule has 1 heterocycles. The van der Waals surface area contributed by atoms with E-state index in [1.165, 1.54) is 5.57 Å². The van der Waals surface area contributed by atoms with Crippen LogP contribution in [-0.2, 0) is 14.3 Å². The molecule has 29 heavy (non-hydrogen) atoms. The van der Waals surface area contributed by atoms with Crippen molar-refractivity contribution in [2.75, 3.05) is 6.61 Å². The largest absolute Gasteiger partial charge is 0.458 e. The smallest absolute Gasteiger partial charge is 0.331 e. The summed E-state index contributed by atoms with van der Waals surface area (Å²) in [4.78, 5) is 22.8. The third-order valence-corrected chi connectivity index (χ3v) is 6.80. The summed E-state index contributed by atoms with van der Waals surface area (Å²) in [6.07, 6.45) is 10.5. The second-order valence-corrected chi connectivity index (χ2v) is 9.03. The maximum Gasteiger partial charge on any atom is 0.331 e. The lowest BCUT2D eigenvalue weighted by Crippen LogP contribution is -2.33. The van der Waals surface area contributed by atoms with Gasteiger partial charge in [0.05, 0.1) is 6.10 Å². The molecule has 0 bridgehead atoms. The highest BCUT2D eigenvalue weighted by Crippen LogP contribution is 2.45. The van der Waals surface area contributed by atoms with Crippen LogP contribution < -0.4 is 0 Å². The molecule has 4 heteroatoms. The normalized spacial score (nSPS) is 26.1. The summed E-state index contributed by atoms with van der Waals surface area (Å²) in [6.45, 7) is 13.0. The Kier molecular flexibility index (Phi) is 8.21. The van der Waals surface area contributed by atoms with Crippen LogP contribution in [0.15, 0.2) is 47.1 Å². The molecule has 3 unspecified atom stereocenters. The summed E-state index contributed by atoms with van der Waals surface area (Å²) < 4.78 is 4.91. The number of rotatable bonds is 10. The molecule has 0 saturated carbocycles. The number of hydrogen-bond acceptors (Lipinski definition) is 4. The molecule has 0 radical (unpaired) electrons. The lowest BCUT2D eigenvalue weighted by atomic mass is 9.64. The molecule has 1 aliphatic carbocycles. The number of ether oxygens (including phenoxy) is 1. The van der Waals surface area contributed by atoms with Crippen molar-refractivity contribution in [3.05, 3.63) is 47.1 Å². The van der Waals surface area contributed by atoms with Gasteiger partial charge in [0.1, 0.15) is 6.61 Å². The van der Waals surface area contributed by atoms with Crippen molar-refractivity contribution in [1.29, 1.82) is 0 Å². The number of allylic oxidation sites excluding steroid dienone is 4. The summed E-state index contributed by atoms with van der Waals surface area (Å²) >= 11 is 0. The molecular formula is C25H36O4. The third-order valence-electron chi connectivity index (χ3n) is 6.80. The number of esters is 1. The van der Waals surface area contributed by atoms with Gasteiger partial charge < -0.3 is 9.84 Å². The van der Waals surface area contributed by atoms with Gasteiger partial charge in [-0.15, -0.1) is 0 Å². The highest BCUT2D eigenvalue weighted by molar-refractivity contribution is 5.91. The number of carbonyl (C=O) groups is 2. The highest BCUT2D eigenvalue weighted by atomic mass is 16.5. The van der Waals surface area contributed by atoms with Gasteiger partial charge in [0, 0.05) is 12.5 Å². The van der Waals surface area contributed by atoms with E-state index in [2.05, 4.69) is 33.4 Å². The van der Waals surface area contributed by atoms with E-state index in [1.54, 1.807) is 12.2 Å². The Labute approximate surface area is 175 Å². The minimum absolute atomic E-state index is 0.00753. The van der Waals surface area contributed by atoms with Gasteiger partial charge in [-0.1, -0.05) is 37.6 Å². The monoisotopic (exact) mass is 400 g/mol. The molecule has 0 fully saturated rings. The van der Waals surface area contributed by atoms with Crippen LogP contribution in [0.3, 0.4) is 0 Å². The Morgan fingerprint density at radius 3 is 2.72 bits per heavy atom. The van der Waals surface area contributed by atoms with Crippen molar-refractivity contribution in [2.45, 2.75) is 78.7 Å². The third kappa shape index (κ3) is 6.53. The second kappa shape index (κ2) is 10.2. The SMILES string of the molecule is C=C(CCC1(C)C(C)=CC(=O)CC1C)C(O)CCC(C)=CCCC1=CC(=O)OC1.